The van der Waals surface area contributed by atoms with Crippen LogP contribution in [0.15, 0.2) is 71.3 Å². The molecule has 1 aromatic heterocycles. The molecular weight excluding hydrogens is 340 g/mol. The van der Waals surface area contributed by atoms with Gasteiger partial charge in [-0.3, -0.25) is 4.79 Å². The number of carbonyl (C=O) groups is 1. The van der Waals surface area contributed by atoms with Gasteiger partial charge in [-0.15, -0.1) is 0 Å². The summed E-state index contributed by atoms with van der Waals surface area (Å²) in [6.07, 6.45) is 2.31. The van der Waals surface area contributed by atoms with Gasteiger partial charge in [-0.2, -0.15) is 0 Å². The highest BCUT2D eigenvalue weighted by atomic mass is 16.5. The van der Waals surface area contributed by atoms with Gasteiger partial charge in [0.2, 0.25) is 0 Å². The summed E-state index contributed by atoms with van der Waals surface area (Å²) in [5.74, 6) is 1.57. The second-order valence-electron chi connectivity index (χ2n) is 6.52. The highest BCUT2D eigenvalue weighted by molar-refractivity contribution is 6.01. The van der Waals surface area contributed by atoms with Crippen LogP contribution in [0.5, 0.6) is 5.75 Å². The molecule has 4 rings (SSSR count). The maximum atomic E-state index is 13.2. The predicted octanol–water partition coefficient (Wildman–Crippen LogP) is 4.84. The third-order valence-corrected chi connectivity index (χ3v) is 4.60. The maximum Gasteiger partial charge on any atom is 0.258 e. The minimum Gasteiger partial charge on any atom is -0.494 e. The van der Waals surface area contributed by atoms with Crippen molar-refractivity contribution in [3.05, 3.63) is 83.8 Å². The van der Waals surface area contributed by atoms with Crippen LogP contribution in [0, 0.1) is 0 Å². The molecule has 5 heteroatoms. The van der Waals surface area contributed by atoms with E-state index < -0.39 is 0 Å². The molecule has 3 aromatic rings. The summed E-state index contributed by atoms with van der Waals surface area (Å²) < 4.78 is 11.1. The van der Waals surface area contributed by atoms with Crippen molar-refractivity contribution >= 4 is 11.6 Å². The lowest BCUT2D eigenvalue weighted by atomic mass is 10.0. The summed E-state index contributed by atoms with van der Waals surface area (Å²) in [5, 5.41) is 3.49. The van der Waals surface area contributed by atoms with Crippen molar-refractivity contribution in [3.63, 3.8) is 0 Å². The number of anilines is 1. The van der Waals surface area contributed by atoms with Gasteiger partial charge in [0.1, 0.15) is 17.7 Å². The molecule has 0 unspecified atom stereocenters. The Morgan fingerprint density at radius 2 is 1.89 bits per heavy atom. The van der Waals surface area contributed by atoms with E-state index in [1.807, 2.05) is 60.7 Å². The molecule has 5 nitrogen and oxygen atoms in total. The molecule has 0 spiro atoms. The number of para-hydroxylation sites is 1. The van der Waals surface area contributed by atoms with E-state index in [1.54, 1.807) is 11.2 Å². The quantitative estimate of drug-likeness (QED) is 0.682. The molecule has 2 aromatic carbocycles. The average Bonchev–Trinajstić information content (AvgIpc) is 3.22. The second-order valence-corrected chi connectivity index (χ2v) is 6.52. The first-order chi connectivity index (χ1) is 13.3. The van der Waals surface area contributed by atoms with Gasteiger partial charge in [-0.1, -0.05) is 31.2 Å². The lowest BCUT2D eigenvalue weighted by Crippen LogP contribution is -2.42. The third-order valence-electron chi connectivity index (χ3n) is 4.60. The Bertz CT molecular complexity index is 904. The van der Waals surface area contributed by atoms with Gasteiger partial charge in [-0.25, -0.2) is 0 Å². The molecule has 1 aliphatic rings. The number of ether oxygens (including phenoxy) is 1. The van der Waals surface area contributed by atoms with Crippen LogP contribution in [0.1, 0.15) is 41.2 Å². The van der Waals surface area contributed by atoms with Gasteiger partial charge < -0.3 is 19.4 Å². The molecule has 27 heavy (non-hydrogen) atoms. The van der Waals surface area contributed by atoms with Gasteiger partial charge in [-0.05, 0) is 48.4 Å². The normalized spacial score (nSPS) is 16.0. The van der Waals surface area contributed by atoms with Crippen molar-refractivity contribution < 1.29 is 13.9 Å². The lowest BCUT2D eigenvalue weighted by Gasteiger charge is -2.37. The number of hydrogen-bond donors (Lipinski definition) is 1. The smallest absolute Gasteiger partial charge is 0.258 e. The summed E-state index contributed by atoms with van der Waals surface area (Å²) in [4.78, 5) is 14.9. The van der Waals surface area contributed by atoms with E-state index in [9.17, 15) is 4.79 Å². The van der Waals surface area contributed by atoms with Gasteiger partial charge in [0.25, 0.3) is 5.91 Å². The molecule has 0 saturated carbocycles. The minimum absolute atomic E-state index is 0.0166. The largest absolute Gasteiger partial charge is 0.494 e. The molecule has 0 fully saturated rings. The number of nitrogens with zero attached hydrogens (tertiary/aromatic N) is 1. The summed E-state index contributed by atoms with van der Waals surface area (Å²) in [6.45, 7) is 3.17. The van der Waals surface area contributed by atoms with E-state index in [-0.39, 0.29) is 12.1 Å². The van der Waals surface area contributed by atoms with Crippen LogP contribution in [-0.2, 0) is 6.54 Å². The molecule has 1 amide bonds. The molecular formula is C22H22N2O3. The average molecular weight is 362 g/mol. The first-order valence-electron chi connectivity index (χ1n) is 9.18. The monoisotopic (exact) mass is 362 g/mol. The van der Waals surface area contributed by atoms with Crippen LogP contribution in [0.4, 0.5) is 5.69 Å². The highest BCUT2D eigenvalue weighted by Crippen LogP contribution is 2.34. The first kappa shape index (κ1) is 17.2. The first-order valence-corrected chi connectivity index (χ1v) is 9.18. The van der Waals surface area contributed by atoms with Crippen molar-refractivity contribution in [2.24, 2.45) is 0 Å². The number of amides is 1. The van der Waals surface area contributed by atoms with Crippen molar-refractivity contribution in [3.8, 4) is 5.75 Å². The zero-order chi connectivity index (χ0) is 18.6. The Morgan fingerprint density at radius 1 is 1.07 bits per heavy atom. The van der Waals surface area contributed by atoms with Crippen molar-refractivity contribution in [1.29, 1.82) is 0 Å². The predicted molar refractivity (Wildman–Crippen MR) is 104 cm³/mol. The SMILES string of the molecule is CCCOc1ccc([C@H]2Nc3ccccc3C(=O)N2Cc2ccco2)cc1. The molecule has 0 radical (unpaired) electrons. The number of rotatable bonds is 6. The summed E-state index contributed by atoms with van der Waals surface area (Å²) in [5.41, 5.74) is 2.51. The molecule has 138 valence electrons. The maximum absolute atomic E-state index is 13.2. The summed E-state index contributed by atoms with van der Waals surface area (Å²) >= 11 is 0. The number of benzene rings is 2. The van der Waals surface area contributed by atoms with E-state index in [4.69, 9.17) is 9.15 Å². The second kappa shape index (κ2) is 7.58. The molecule has 1 N–H and O–H groups in total. The van der Waals surface area contributed by atoms with Crippen molar-refractivity contribution in [2.45, 2.75) is 26.1 Å². The van der Waals surface area contributed by atoms with Crippen LogP contribution in [0.3, 0.4) is 0 Å². The number of carbonyl (C=O) groups excluding carboxylic acids is 1. The van der Waals surface area contributed by atoms with Crippen LogP contribution in [0.25, 0.3) is 0 Å². The van der Waals surface area contributed by atoms with E-state index in [0.717, 1.165) is 29.2 Å². The van der Waals surface area contributed by atoms with Gasteiger partial charge in [0.05, 0.1) is 25.0 Å². The fourth-order valence-corrected chi connectivity index (χ4v) is 3.26. The molecule has 0 bridgehead atoms. The fraction of sp³-hybridized carbons (Fsp3) is 0.227. The van der Waals surface area contributed by atoms with E-state index in [2.05, 4.69) is 12.2 Å². The molecule has 0 saturated heterocycles. The Labute approximate surface area is 158 Å². The topological polar surface area (TPSA) is 54.7 Å². The number of nitrogens with one attached hydrogen (secondary N) is 1. The summed E-state index contributed by atoms with van der Waals surface area (Å²) in [6, 6.07) is 19.2. The van der Waals surface area contributed by atoms with Gasteiger partial charge >= 0.3 is 0 Å². The zero-order valence-corrected chi connectivity index (χ0v) is 15.2. The number of hydrogen-bond acceptors (Lipinski definition) is 4. The molecule has 1 aliphatic heterocycles. The standard InChI is InChI=1S/C22H22N2O3/c1-2-13-26-17-11-9-16(10-12-17)21-23-20-8-4-3-7-19(20)22(25)24(21)15-18-6-5-14-27-18/h3-12,14,21,23H,2,13,15H2,1H3/t21-/m0/s1. The molecule has 2 heterocycles. The Balaban J connectivity index is 1.66. The van der Waals surface area contributed by atoms with Crippen LogP contribution < -0.4 is 10.1 Å². The van der Waals surface area contributed by atoms with Crippen LogP contribution >= 0.6 is 0 Å². The summed E-state index contributed by atoms with van der Waals surface area (Å²) in [7, 11) is 0. The van der Waals surface area contributed by atoms with E-state index in [0.29, 0.717) is 18.7 Å². The third kappa shape index (κ3) is 3.53. The van der Waals surface area contributed by atoms with E-state index in [1.165, 1.54) is 0 Å². The van der Waals surface area contributed by atoms with Crippen molar-refractivity contribution in [2.75, 3.05) is 11.9 Å². The Hall–Kier alpha value is -3.21. The van der Waals surface area contributed by atoms with Crippen molar-refractivity contribution in [1.82, 2.24) is 4.90 Å². The van der Waals surface area contributed by atoms with Gasteiger partial charge in [0.15, 0.2) is 0 Å². The fourth-order valence-electron chi connectivity index (χ4n) is 3.26. The Kier molecular flexibility index (Phi) is 4.83. The van der Waals surface area contributed by atoms with E-state index >= 15 is 0 Å². The zero-order valence-electron chi connectivity index (χ0n) is 15.2. The number of furan rings is 1. The van der Waals surface area contributed by atoms with Gasteiger partial charge in [0, 0.05) is 5.69 Å². The Morgan fingerprint density at radius 3 is 2.63 bits per heavy atom. The highest BCUT2D eigenvalue weighted by Gasteiger charge is 2.33. The lowest BCUT2D eigenvalue weighted by molar-refractivity contribution is 0.0651. The number of fused-ring (bicyclic) bond motifs is 1. The molecule has 1 atom stereocenters. The van der Waals surface area contributed by atoms with Crippen LogP contribution in [-0.4, -0.2) is 17.4 Å². The molecule has 0 aliphatic carbocycles. The van der Waals surface area contributed by atoms with Crippen LogP contribution in [0.2, 0.25) is 0 Å². The minimum atomic E-state index is -0.280.